The molecule has 0 aliphatic carbocycles. The summed E-state index contributed by atoms with van der Waals surface area (Å²) >= 11 is 6.02. The second-order valence-corrected chi connectivity index (χ2v) is 7.89. The molecular weight excluding hydrogens is 403 g/mol. The molecule has 0 fully saturated rings. The van der Waals surface area contributed by atoms with Gasteiger partial charge >= 0.3 is 6.18 Å². The van der Waals surface area contributed by atoms with Crippen molar-refractivity contribution in [3.05, 3.63) is 65.2 Å². The Kier molecular flexibility index (Phi) is 6.11. The third-order valence-corrected chi connectivity index (χ3v) is 5.89. The second-order valence-electron chi connectivity index (χ2n) is 5.62. The Morgan fingerprint density at radius 1 is 1.22 bits per heavy atom. The maximum Gasteiger partial charge on any atom is 0.416 e. The topological polar surface area (TPSA) is 46.6 Å². The molecule has 2 aromatic rings. The first-order valence-corrected chi connectivity index (χ1v) is 9.49. The van der Waals surface area contributed by atoms with E-state index in [1.54, 1.807) is 6.92 Å². The van der Waals surface area contributed by atoms with Gasteiger partial charge in [0.25, 0.3) is 10.0 Å². The van der Waals surface area contributed by atoms with E-state index < -0.39 is 21.8 Å². The zero-order valence-electron chi connectivity index (χ0n) is 14.5. The van der Waals surface area contributed by atoms with Crippen molar-refractivity contribution in [3.63, 3.8) is 0 Å². The summed E-state index contributed by atoms with van der Waals surface area (Å²) in [5.74, 6) is 0.487. The van der Waals surface area contributed by atoms with Crippen LogP contribution in [0.4, 0.5) is 18.9 Å². The molecule has 0 heterocycles. The van der Waals surface area contributed by atoms with E-state index in [-0.39, 0.29) is 22.2 Å². The molecular formula is C18H17ClF3NO3S. The number of sulfonamides is 1. The average Bonchev–Trinajstić information content (AvgIpc) is 2.59. The highest BCUT2D eigenvalue weighted by Gasteiger charge is 2.33. The molecule has 0 unspecified atom stereocenters. The largest absolute Gasteiger partial charge is 0.496 e. The van der Waals surface area contributed by atoms with Crippen molar-refractivity contribution < 1.29 is 26.3 Å². The quantitative estimate of drug-likeness (QED) is 0.615. The fourth-order valence-electron chi connectivity index (χ4n) is 2.46. The summed E-state index contributed by atoms with van der Waals surface area (Å²) in [5, 5.41) is -0.126. The summed E-state index contributed by atoms with van der Waals surface area (Å²) in [4.78, 5) is -0.101. The highest BCUT2D eigenvalue weighted by molar-refractivity contribution is 7.92. The maximum atomic E-state index is 13.1. The van der Waals surface area contributed by atoms with Crippen LogP contribution in [0.2, 0.25) is 5.02 Å². The third-order valence-electron chi connectivity index (χ3n) is 3.79. The van der Waals surface area contributed by atoms with Crippen molar-refractivity contribution >= 4 is 27.3 Å². The molecule has 27 heavy (non-hydrogen) atoms. The number of aryl methyl sites for hydroxylation is 1. The van der Waals surface area contributed by atoms with Crippen LogP contribution < -0.4 is 9.04 Å². The molecule has 0 bridgehead atoms. The highest BCUT2D eigenvalue weighted by Crippen LogP contribution is 2.37. The van der Waals surface area contributed by atoms with Crippen LogP contribution in [0.5, 0.6) is 5.75 Å². The SMILES string of the molecule is C=CCN(c1cc(C(F)(F)F)ccc1Cl)S(=O)(=O)c1ccc(OC)c(C)c1. The summed E-state index contributed by atoms with van der Waals surface area (Å²) in [6, 6.07) is 6.69. The lowest BCUT2D eigenvalue weighted by atomic mass is 10.2. The zero-order valence-corrected chi connectivity index (χ0v) is 16.1. The van der Waals surface area contributed by atoms with Gasteiger partial charge in [-0.3, -0.25) is 4.31 Å². The van der Waals surface area contributed by atoms with Crippen LogP contribution in [0.1, 0.15) is 11.1 Å². The minimum Gasteiger partial charge on any atom is -0.496 e. The van der Waals surface area contributed by atoms with Gasteiger partial charge in [0, 0.05) is 0 Å². The molecule has 0 atom stereocenters. The van der Waals surface area contributed by atoms with Crippen LogP contribution in [0, 0.1) is 6.92 Å². The lowest BCUT2D eigenvalue weighted by Gasteiger charge is -2.25. The molecule has 4 nitrogen and oxygen atoms in total. The number of ether oxygens (including phenoxy) is 1. The van der Waals surface area contributed by atoms with Crippen molar-refractivity contribution in [2.75, 3.05) is 18.0 Å². The van der Waals surface area contributed by atoms with Crippen LogP contribution in [0.25, 0.3) is 0 Å². The van der Waals surface area contributed by atoms with E-state index in [0.29, 0.717) is 17.4 Å². The molecule has 0 saturated carbocycles. The van der Waals surface area contributed by atoms with Gasteiger partial charge in [-0.1, -0.05) is 17.7 Å². The van der Waals surface area contributed by atoms with Crippen molar-refractivity contribution in [1.29, 1.82) is 0 Å². The van der Waals surface area contributed by atoms with Crippen molar-refractivity contribution in [3.8, 4) is 5.75 Å². The number of benzene rings is 2. The predicted octanol–water partition coefficient (Wildman–Crippen LogP) is 5.06. The minimum absolute atomic E-state index is 0.101. The van der Waals surface area contributed by atoms with E-state index >= 15 is 0 Å². The van der Waals surface area contributed by atoms with Gasteiger partial charge in [0.05, 0.1) is 34.8 Å². The van der Waals surface area contributed by atoms with Crippen molar-refractivity contribution in [2.45, 2.75) is 18.0 Å². The van der Waals surface area contributed by atoms with Gasteiger partial charge in [-0.2, -0.15) is 13.2 Å². The van der Waals surface area contributed by atoms with E-state index in [2.05, 4.69) is 6.58 Å². The molecule has 0 radical (unpaired) electrons. The molecule has 146 valence electrons. The average molecular weight is 420 g/mol. The summed E-state index contributed by atoms with van der Waals surface area (Å²) in [7, 11) is -2.75. The van der Waals surface area contributed by atoms with Gasteiger partial charge < -0.3 is 4.74 Å². The minimum atomic E-state index is -4.64. The highest BCUT2D eigenvalue weighted by atomic mass is 35.5. The first-order chi connectivity index (χ1) is 12.5. The number of nitrogens with zero attached hydrogens (tertiary/aromatic N) is 1. The lowest BCUT2D eigenvalue weighted by molar-refractivity contribution is -0.137. The standard InChI is InChI=1S/C18H17ClF3NO3S/c1-4-9-23(16-11-13(18(20,21)22)5-7-15(16)19)27(24,25)14-6-8-17(26-3)12(2)10-14/h4-8,10-11H,1,9H2,2-3H3. The zero-order chi connectivity index (χ0) is 20.4. The van der Waals surface area contributed by atoms with E-state index in [0.717, 1.165) is 16.4 Å². The van der Waals surface area contributed by atoms with Crippen LogP contribution in [0.15, 0.2) is 53.9 Å². The number of hydrogen-bond donors (Lipinski definition) is 0. The second kappa shape index (κ2) is 7.82. The Morgan fingerprint density at radius 2 is 1.89 bits per heavy atom. The van der Waals surface area contributed by atoms with Gasteiger partial charge in [-0.05, 0) is 48.9 Å². The summed E-state index contributed by atoms with van der Waals surface area (Å²) in [6.45, 7) is 4.89. The lowest BCUT2D eigenvalue weighted by Crippen LogP contribution is -2.31. The van der Waals surface area contributed by atoms with E-state index in [1.165, 1.54) is 31.4 Å². The van der Waals surface area contributed by atoms with Crippen LogP contribution in [0.3, 0.4) is 0 Å². The Morgan fingerprint density at radius 3 is 2.41 bits per heavy atom. The maximum absolute atomic E-state index is 13.1. The predicted molar refractivity (Wildman–Crippen MR) is 98.9 cm³/mol. The molecule has 0 aromatic heterocycles. The van der Waals surface area contributed by atoms with Gasteiger partial charge in [0.2, 0.25) is 0 Å². The van der Waals surface area contributed by atoms with E-state index in [1.807, 2.05) is 0 Å². The molecule has 0 amide bonds. The van der Waals surface area contributed by atoms with Gasteiger partial charge in [-0.15, -0.1) is 6.58 Å². The van der Waals surface area contributed by atoms with Crippen molar-refractivity contribution in [1.82, 2.24) is 0 Å². The summed E-state index contributed by atoms with van der Waals surface area (Å²) < 4.78 is 71.2. The molecule has 0 aliphatic heterocycles. The number of halogens is 4. The summed E-state index contributed by atoms with van der Waals surface area (Å²) in [5.41, 5.74) is -0.718. The Labute approximate surface area is 160 Å². The smallest absolute Gasteiger partial charge is 0.416 e. The van der Waals surface area contributed by atoms with Gasteiger partial charge in [0.1, 0.15) is 5.75 Å². The molecule has 9 heteroatoms. The number of anilines is 1. The first kappa shape index (κ1) is 21.1. The molecule has 0 saturated heterocycles. The number of rotatable bonds is 6. The van der Waals surface area contributed by atoms with Crippen LogP contribution in [-0.4, -0.2) is 22.1 Å². The summed E-state index contributed by atoms with van der Waals surface area (Å²) in [6.07, 6.45) is -3.37. The molecule has 2 aromatic carbocycles. The number of methoxy groups -OCH3 is 1. The Hall–Kier alpha value is -2.19. The normalized spacial score (nSPS) is 11.9. The van der Waals surface area contributed by atoms with Crippen LogP contribution in [-0.2, 0) is 16.2 Å². The fraction of sp³-hybridized carbons (Fsp3) is 0.222. The van der Waals surface area contributed by atoms with Crippen LogP contribution >= 0.6 is 11.6 Å². The fourth-order valence-corrected chi connectivity index (χ4v) is 4.26. The molecule has 2 rings (SSSR count). The first-order valence-electron chi connectivity index (χ1n) is 7.67. The van der Waals surface area contributed by atoms with E-state index in [9.17, 15) is 21.6 Å². The van der Waals surface area contributed by atoms with Crippen molar-refractivity contribution in [2.24, 2.45) is 0 Å². The number of alkyl halides is 3. The number of hydrogen-bond acceptors (Lipinski definition) is 3. The Bertz CT molecular complexity index is 959. The molecule has 0 aliphatic rings. The van der Waals surface area contributed by atoms with E-state index in [4.69, 9.17) is 16.3 Å². The third kappa shape index (κ3) is 4.39. The molecule has 0 spiro atoms. The molecule has 0 N–H and O–H groups in total. The monoisotopic (exact) mass is 419 g/mol. The van der Waals surface area contributed by atoms with Gasteiger partial charge in [-0.25, -0.2) is 8.42 Å². The van der Waals surface area contributed by atoms with Gasteiger partial charge in [0.15, 0.2) is 0 Å². The Balaban J connectivity index is 2.63.